The first-order chi connectivity index (χ1) is 6.81. The van der Waals surface area contributed by atoms with Gasteiger partial charge in [0, 0.05) is 31.5 Å². The zero-order valence-corrected chi connectivity index (χ0v) is 8.73. The van der Waals surface area contributed by atoms with Gasteiger partial charge in [-0.25, -0.2) is 0 Å². The van der Waals surface area contributed by atoms with Gasteiger partial charge in [0.2, 0.25) is 0 Å². The molecule has 2 rings (SSSR count). The van der Waals surface area contributed by atoms with Gasteiger partial charge in [0.05, 0.1) is 6.20 Å². The van der Waals surface area contributed by atoms with Gasteiger partial charge in [0.15, 0.2) is 0 Å². The van der Waals surface area contributed by atoms with Crippen molar-refractivity contribution < 1.29 is 4.74 Å². The van der Waals surface area contributed by atoms with Crippen molar-refractivity contribution in [1.82, 2.24) is 15.1 Å². The summed E-state index contributed by atoms with van der Waals surface area (Å²) in [6.45, 7) is 0.859. The van der Waals surface area contributed by atoms with Crippen LogP contribution in [0, 0.1) is 0 Å². The smallest absolute Gasteiger partial charge is 0.101 e. The number of hydrogen-bond donors (Lipinski definition) is 1. The predicted octanol–water partition coefficient (Wildman–Crippen LogP) is 0.860. The van der Waals surface area contributed by atoms with Crippen LogP contribution in [0.2, 0.25) is 0 Å². The molecule has 1 aromatic rings. The molecule has 1 saturated heterocycles. The second-order valence-corrected chi connectivity index (χ2v) is 3.78. The third kappa shape index (κ3) is 1.81. The normalized spacial score (nSPS) is 27.9. The minimum atomic E-state index is 0.169. The average molecular weight is 195 g/mol. The lowest BCUT2D eigenvalue weighted by Crippen LogP contribution is -2.37. The summed E-state index contributed by atoms with van der Waals surface area (Å²) in [6.07, 6.45) is 6.40. The molecule has 2 atom stereocenters. The maximum Gasteiger partial charge on any atom is 0.101 e. The van der Waals surface area contributed by atoms with Crippen LogP contribution < -0.4 is 5.32 Å². The fourth-order valence-electron chi connectivity index (χ4n) is 1.99. The molecule has 2 heterocycles. The van der Waals surface area contributed by atoms with Crippen LogP contribution in [-0.2, 0) is 11.8 Å². The Hall–Kier alpha value is -0.870. The number of hydrogen-bond acceptors (Lipinski definition) is 3. The van der Waals surface area contributed by atoms with Gasteiger partial charge in [-0.2, -0.15) is 5.10 Å². The minimum Gasteiger partial charge on any atom is -0.372 e. The largest absolute Gasteiger partial charge is 0.372 e. The molecule has 4 nitrogen and oxygen atoms in total. The highest BCUT2D eigenvalue weighted by Gasteiger charge is 2.26. The Balaban J connectivity index is 2.14. The van der Waals surface area contributed by atoms with E-state index in [9.17, 15) is 0 Å². The van der Waals surface area contributed by atoms with Crippen molar-refractivity contribution >= 4 is 0 Å². The van der Waals surface area contributed by atoms with Gasteiger partial charge in [-0.1, -0.05) is 0 Å². The predicted molar refractivity (Wildman–Crippen MR) is 54.0 cm³/mol. The number of nitrogens with zero attached hydrogens (tertiary/aromatic N) is 2. The summed E-state index contributed by atoms with van der Waals surface area (Å²) in [5.74, 6) is 0. The van der Waals surface area contributed by atoms with Crippen molar-refractivity contribution in [2.75, 3.05) is 13.7 Å². The van der Waals surface area contributed by atoms with Crippen LogP contribution >= 0.6 is 0 Å². The summed E-state index contributed by atoms with van der Waals surface area (Å²) in [7, 11) is 3.92. The molecule has 0 saturated carbocycles. The molecule has 1 aliphatic heterocycles. The summed E-state index contributed by atoms with van der Waals surface area (Å²) in [5.41, 5.74) is 1.17. The summed E-state index contributed by atoms with van der Waals surface area (Å²) < 4.78 is 7.58. The van der Waals surface area contributed by atoms with Gasteiger partial charge in [-0.15, -0.1) is 0 Å². The number of likely N-dealkylation sites (N-methyl/N-ethyl adjacent to an activating group) is 1. The van der Waals surface area contributed by atoms with Crippen molar-refractivity contribution in [3.05, 3.63) is 18.0 Å². The lowest BCUT2D eigenvalue weighted by molar-refractivity contribution is -0.00858. The van der Waals surface area contributed by atoms with E-state index in [0.29, 0.717) is 6.04 Å². The number of nitrogens with one attached hydrogen (secondary N) is 1. The highest BCUT2D eigenvalue weighted by molar-refractivity contribution is 5.11. The van der Waals surface area contributed by atoms with Gasteiger partial charge in [-0.05, 0) is 19.9 Å². The van der Waals surface area contributed by atoms with Crippen molar-refractivity contribution in [2.45, 2.75) is 25.0 Å². The topological polar surface area (TPSA) is 39.1 Å². The molecule has 4 heteroatoms. The Morgan fingerprint density at radius 1 is 1.64 bits per heavy atom. The zero-order valence-electron chi connectivity index (χ0n) is 8.73. The third-order valence-corrected chi connectivity index (χ3v) is 2.75. The number of ether oxygens (including phenoxy) is 1. The second-order valence-electron chi connectivity index (χ2n) is 3.78. The quantitative estimate of drug-likeness (QED) is 0.760. The van der Waals surface area contributed by atoms with Crippen molar-refractivity contribution in [1.29, 1.82) is 0 Å². The van der Waals surface area contributed by atoms with E-state index < -0.39 is 0 Å². The van der Waals surface area contributed by atoms with Crippen LogP contribution in [0.5, 0.6) is 0 Å². The molecule has 0 bridgehead atoms. The molecule has 1 aliphatic rings. The van der Waals surface area contributed by atoms with Crippen LogP contribution in [0.3, 0.4) is 0 Å². The lowest BCUT2D eigenvalue weighted by atomic mass is 9.98. The Bertz CT molecular complexity index is 297. The first-order valence-corrected chi connectivity index (χ1v) is 5.08. The molecule has 0 aliphatic carbocycles. The first kappa shape index (κ1) is 9.68. The van der Waals surface area contributed by atoms with E-state index in [1.165, 1.54) is 12.0 Å². The maximum absolute atomic E-state index is 5.76. The maximum atomic E-state index is 5.76. The molecule has 0 amide bonds. The number of aryl methyl sites for hydroxylation is 1. The number of aromatic nitrogens is 2. The average Bonchev–Trinajstić information content (AvgIpc) is 2.65. The van der Waals surface area contributed by atoms with E-state index in [2.05, 4.69) is 10.4 Å². The van der Waals surface area contributed by atoms with Crippen LogP contribution in [-0.4, -0.2) is 29.5 Å². The lowest BCUT2D eigenvalue weighted by Gasteiger charge is -2.30. The summed E-state index contributed by atoms with van der Waals surface area (Å²) in [6, 6.07) is 0.424. The zero-order chi connectivity index (χ0) is 9.97. The Kier molecular flexibility index (Phi) is 2.84. The van der Waals surface area contributed by atoms with Crippen molar-refractivity contribution in [3.63, 3.8) is 0 Å². The molecular formula is C10H17N3O. The fourth-order valence-corrected chi connectivity index (χ4v) is 1.99. The molecule has 0 aromatic carbocycles. The second kappa shape index (κ2) is 4.11. The molecule has 1 fully saturated rings. The van der Waals surface area contributed by atoms with Gasteiger partial charge < -0.3 is 10.1 Å². The Labute approximate surface area is 84.3 Å². The Morgan fingerprint density at radius 2 is 2.50 bits per heavy atom. The van der Waals surface area contributed by atoms with Gasteiger partial charge in [0.25, 0.3) is 0 Å². The van der Waals surface area contributed by atoms with E-state index in [1.807, 2.05) is 31.2 Å². The van der Waals surface area contributed by atoms with Crippen LogP contribution in [0.15, 0.2) is 12.4 Å². The highest BCUT2D eigenvalue weighted by Crippen LogP contribution is 2.27. The molecule has 0 unspecified atom stereocenters. The summed E-state index contributed by atoms with van der Waals surface area (Å²) in [5, 5.41) is 7.47. The van der Waals surface area contributed by atoms with Gasteiger partial charge in [-0.3, -0.25) is 4.68 Å². The minimum absolute atomic E-state index is 0.169. The molecule has 78 valence electrons. The van der Waals surface area contributed by atoms with E-state index >= 15 is 0 Å². The first-order valence-electron chi connectivity index (χ1n) is 5.08. The standard InChI is InChI=1S/C10H17N3O/c1-11-9-4-3-5-14-10(9)8-6-12-13(2)7-8/h6-7,9-11H,3-5H2,1-2H3/t9-,10+/m0/s1. The van der Waals surface area contributed by atoms with Crippen LogP contribution in [0.25, 0.3) is 0 Å². The molecule has 0 spiro atoms. The van der Waals surface area contributed by atoms with Crippen LogP contribution in [0.4, 0.5) is 0 Å². The molecular weight excluding hydrogens is 178 g/mol. The number of rotatable bonds is 2. The highest BCUT2D eigenvalue weighted by atomic mass is 16.5. The van der Waals surface area contributed by atoms with Crippen LogP contribution in [0.1, 0.15) is 24.5 Å². The molecule has 14 heavy (non-hydrogen) atoms. The monoisotopic (exact) mass is 195 g/mol. The van der Waals surface area contributed by atoms with E-state index in [-0.39, 0.29) is 6.10 Å². The SMILES string of the molecule is CN[C@H]1CCCO[C@@H]1c1cnn(C)c1. The molecule has 0 radical (unpaired) electrons. The van der Waals surface area contributed by atoms with E-state index in [1.54, 1.807) is 0 Å². The van der Waals surface area contributed by atoms with E-state index in [0.717, 1.165) is 13.0 Å². The van der Waals surface area contributed by atoms with Gasteiger partial charge >= 0.3 is 0 Å². The Morgan fingerprint density at radius 3 is 3.14 bits per heavy atom. The van der Waals surface area contributed by atoms with E-state index in [4.69, 9.17) is 4.74 Å². The van der Waals surface area contributed by atoms with Crippen molar-refractivity contribution in [3.8, 4) is 0 Å². The molecule has 1 aromatic heterocycles. The van der Waals surface area contributed by atoms with Gasteiger partial charge in [0.1, 0.15) is 6.10 Å². The third-order valence-electron chi connectivity index (χ3n) is 2.75. The summed E-state index contributed by atoms with van der Waals surface area (Å²) >= 11 is 0. The summed E-state index contributed by atoms with van der Waals surface area (Å²) in [4.78, 5) is 0. The molecule has 1 N–H and O–H groups in total. The fraction of sp³-hybridized carbons (Fsp3) is 0.700. The van der Waals surface area contributed by atoms with Crippen molar-refractivity contribution in [2.24, 2.45) is 7.05 Å².